The molecular weight excluding hydrogens is 466 g/mol. The lowest BCUT2D eigenvalue weighted by Gasteiger charge is -2.09. The average molecular weight is 500 g/mol. The fourth-order valence-electron chi connectivity index (χ4n) is 5.54. The summed E-state index contributed by atoms with van der Waals surface area (Å²) in [5.74, 6) is 1.23. The van der Waals surface area contributed by atoms with Gasteiger partial charge in [0.25, 0.3) is 0 Å². The third-order valence-electron chi connectivity index (χ3n) is 7.45. The Morgan fingerprint density at radius 2 is 1.92 bits per heavy atom. The van der Waals surface area contributed by atoms with E-state index in [4.69, 9.17) is 4.98 Å². The van der Waals surface area contributed by atoms with Gasteiger partial charge in [-0.25, -0.2) is 9.89 Å². The zero-order valence-corrected chi connectivity index (χ0v) is 21.8. The van der Waals surface area contributed by atoms with Crippen LogP contribution in [0, 0.1) is 17.8 Å². The number of aromatic amines is 1. The van der Waals surface area contributed by atoms with Gasteiger partial charge in [-0.2, -0.15) is 0 Å². The molecule has 3 aromatic heterocycles. The van der Waals surface area contributed by atoms with E-state index in [-0.39, 0.29) is 29.4 Å². The zero-order valence-electron chi connectivity index (χ0n) is 21.8. The first-order valence-corrected chi connectivity index (χ1v) is 13.0. The third kappa shape index (κ3) is 4.77. The summed E-state index contributed by atoms with van der Waals surface area (Å²) in [7, 11) is 0. The summed E-state index contributed by atoms with van der Waals surface area (Å²) >= 11 is 0. The van der Waals surface area contributed by atoms with E-state index in [0.29, 0.717) is 18.3 Å². The maximum Gasteiger partial charge on any atom is 0.328 e. The second-order valence-corrected chi connectivity index (χ2v) is 10.3. The van der Waals surface area contributed by atoms with Gasteiger partial charge in [-0.3, -0.25) is 18.9 Å². The second-order valence-electron chi connectivity index (χ2n) is 10.3. The number of hydrogen-bond acceptors (Lipinski definition) is 6. The van der Waals surface area contributed by atoms with Crippen molar-refractivity contribution in [3.05, 3.63) is 70.7 Å². The van der Waals surface area contributed by atoms with Crippen LogP contribution in [0.4, 0.5) is 0 Å². The molecule has 0 bridgehead atoms. The Morgan fingerprint density at radius 1 is 1.14 bits per heavy atom. The number of H-pyrrole nitrogens is 1. The van der Waals surface area contributed by atoms with E-state index < -0.39 is 0 Å². The maximum absolute atomic E-state index is 13.6. The lowest BCUT2D eigenvalue weighted by atomic mass is 10.0. The van der Waals surface area contributed by atoms with E-state index in [9.17, 15) is 9.59 Å². The summed E-state index contributed by atoms with van der Waals surface area (Å²) in [4.78, 5) is 30.6. The van der Waals surface area contributed by atoms with Gasteiger partial charge in [-0.1, -0.05) is 57.5 Å². The number of carbonyl (C=O) groups is 1. The molecule has 5 rings (SSSR count). The van der Waals surface area contributed by atoms with Crippen LogP contribution >= 0.6 is 0 Å². The molecule has 3 unspecified atom stereocenters. The van der Waals surface area contributed by atoms with Crippen LogP contribution in [0.25, 0.3) is 22.5 Å². The van der Waals surface area contributed by atoms with E-state index in [1.54, 1.807) is 6.92 Å². The standard InChI is InChI=1S/C28H33N7O2/c1-5-6-9-21-16-35(26-24(17(2)3)25(26)18(4)36)28(37)34(21)15-20-13-12-19(14-29-20)22-10-7-8-11-23(22)27-30-32-33-31-27/h7-8,10-14,16-17,24-26H,5-6,9,15H2,1-4H3,(H,30,31,32,33). The molecule has 1 aliphatic rings. The summed E-state index contributed by atoms with van der Waals surface area (Å²) in [6.45, 7) is 8.44. The number of hydrogen-bond donors (Lipinski definition) is 1. The molecule has 1 saturated carbocycles. The predicted octanol–water partition coefficient (Wildman–Crippen LogP) is 4.31. The van der Waals surface area contributed by atoms with Crippen molar-refractivity contribution in [1.82, 2.24) is 34.7 Å². The number of nitrogens with one attached hydrogen (secondary N) is 1. The van der Waals surface area contributed by atoms with Gasteiger partial charge in [0.2, 0.25) is 0 Å². The zero-order chi connectivity index (χ0) is 26.1. The lowest BCUT2D eigenvalue weighted by Crippen LogP contribution is -2.26. The molecule has 1 fully saturated rings. The number of aryl methyl sites for hydroxylation is 1. The van der Waals surface area contributed by atoms with Crippen LogP contribution in [-0.4, -0.2) is 40.5 Å². The summed E-state index contributed by atoms with van der Waals surface area (Å²) in [5, 5.41) is 14.2. The van der Waals surface area contributed by atoms with Crippen molar-refractivity contribution in [2.45, 2.75) is 59.5 Å². The van der Waals surface area contributed by atoms with Crippen LogP contribution in [-0.2, 0) is 17.8 Å². The normalized spacial score (nSPS) is 18.9. The molecule has 1 aliphatic carbocycles. The molecule has 3 heterocycles. The number of tetrazole rings is 1. The van der Waals surface area contributed by atoms with Gasteiger partial charge in [-0.15, -0.1) is 5.10 Å². The van der Waals surface area contributed by atoms with Gasteiger partial charge < -0.3 is 0 Å². The Bertz CT molecular complexity index is 1430. The molecule has 9 heteroatoms. The first kappa shape index (κ1) is 24.8. The molecular formula is C28H33N7O2. The van der Waals surface area contributed by atoms with Gasteiger partial charge in [-0.05, 0) is 53.7 Å². The summed E-state index contributed by atoms with van der Waals surface area (Å²) in [6, 6.07) is 11.8. The van der Waals surface area contributed by atoms with E-state index in [1.165, 1.54) is 0 Å². The second kappa shape index (κ2) is 10.2. The van der Waals surface area contributed by atoms with Gasteiger partial charge in [0.15, 0.2) is 5.82 Å². The van der Waals surface area contributed by atoms with Crippen LogP contribution in [0.2, 0.25) is 0 Å². The van der Waals surface area contributed by atoms with Crippen molar-refractivity contribution >= 4 is 5.78 Å². The number of benzene rings is 1. The van der Waals surface area contributed by atoms with Crippen LogP contribution in [0.3, 0.4) is 0 Å². The number of Topliss-reactive ketones (excluding diaryl/α,β-unsaturated/α-hetero) is 1. The molecule has 1 N–H and O–H groups in total. The van der Waals surface area contributed by atoms with Gasteiger partial charge in [0, 0.05) is 35.1 Å². The van der Waals surface area contributed by atoms with E-state index in [2.05, 4.69) is 41.4 Å². The van der Waals surface area contributed by atoms with Crippen LogP contribution < -0.4 is 5.69 Å². The van der Waals surface area contributed by atoms with Crippen molar-refractivity contribution < 1.29 is 4.79 Å². The SMILES string of the molecule is CCCCc1cn(C2C(C(C)=O)C2C(C)C)c(=O)n1Cc1ccc(-c2ccccc2-c2nnn[nH]2)cn1. The number of ketones is 1. The number of nitrogens with zero attached hydrogens (tertiary/aromatic N) is 6. The van der Waals surface area contributed by atoms with Crippen molar-refractivity contribution in [2.75, 3.05) is 0 Å². The quantitative estimate of drug-likeness (QED) is 0.348. The molecule has 1 aromatic carbocycles. The first-order chi connectivity index (χ1) is 17.9. The summed E-state index contributed by atoms with van der Waals surface area (Å²) in [6.07, 6.45) is 6.67. The number of aromatic nitrogens is 7. The topological polar surface area (TPSA) is 111 Å². The Kier molecular flexibility index (Phi) is 6.86. The monoisotopic (exact) mass is 499 g/mol. The highest BCUT2D eigenvalue weighted by atomic mass is 16.2. The predicted molar refractivity (Wildman–Crippen MR) is 141 cm³/mol. The number of carbonyl (C=O) groups excluding carboxylic acids is 1. The molecule has 192 valence electrons. The fourth-order valence-corrected chi connectivity index (χ4v) is 5.54. The van der Waals surface area contributed by atoms with E-state index in [0.717, 1.165) is 47.3 Å². The molecule has 37 heavy (non-hydrogen) atoms. The minimum Gasteiger partial charge on any atom is -0.300 e. The van der Waals surface area contributed by atoms with Crippen molar-refractivity contribution in [1.29, 1.82) is 0 Å². The van der Waals surface area contributed by atoms with Crippen LogP contribution in [0.5, 0.6) is 0 Å². The van der Waals surface area contributed by atoms with Crippen LogP contribution in [0.15, 0.2) is 53.6 Å². The van der Waals surface area contributed by atoms with E-state index in [1.807, 2.05) is 57.9 Å². The number of rotatable bonds is 10. The maximum atomic E-state index is 13.6. The largest absolute Gasteiger partial charge is 0.328 e. The number of unbranched alkanes of at least 4 members (excludes halogenated alkanes) is 1. The molecule has 0 amide bonds. The number of imidazole rings is 1. The Morgan fingerprint density at radius 3 is 2.51 bits per heavy atom. The highest BCUT2D eigenvalue weighted by Gasteiger charge is 2.56. The lowest BCUT2D eigenvalue weighted by molar-refractivity contribution is -0.118. The molecule has 3 atom stereocenters. The van der Waals surface area contributed by atoms with Gasteiger partial charge in [0.1, 0.15) is 5.78 Å². The minimum absolute atomic E-state index is 0.0518. The molecule has 0 radical (unpaired) electrons. The Hall–Kier alpha value is -3.88. The highest BCUT2D eigenvalue weighted by molar-refractivity contribution is 5.82. The molecule has 0 saturated heterocycles. The summed E-state index contributed by atoms with van der Waals surface area (Å²) < 4.78 is 3.65. The first-order valence-electron chi connectivity index (χ1n) is 13.0. The Labute approximate surface area is 216 Å². The molecule has 9 nitrogen and oxygen atoms in total. The smallest absolute Gasteiger partial charge is 0.300 e. The van der Waals surface area contributed by atoms with Crippen LogP contribution in [0.1, 0.15) is 58.0 Å². The average Bonchev–Trinajstić information content (AvgIpc) is 3.26. The highest BCUT2D eigenvalue weighted by Crippen LogP contribution is 2.54. The van der Waals surface area contributed by atoms with Gasteiger partial charge in [0.05, 0.1) is 18.3 Å². The summed E-state index contributed by atoms with van der Waals surface area (Å²) in [5.41, 5.74) is 4.54. The van der Waals surface area contributed by atoms with Crippen molar-refractivity contribution in [3.8, 4) is 22.5 Å². The van der Waals surface area contributed by atoms with E-state index >= 15 is 0 Å². The number of pyridine rings is 1. The molecule has 0 spiro atoms. The molecule has 0 aliphatic heterocycles. The van der Waals surface area contributed by atoms with Crippen molar-refractivity contribution in [3.63, 3.8) is 0 Å². The van der Waals surface area contributed by atoms with Crippen molar-refractivity contribution in [2.24, 2.45) is 17.8 Å². The minimum atomic E-state index is -0.0791. The molecule has 4 aromatic rings. The fraction of sp³-hybridized carbons (Fsp3) is 0.429. The Balaban J connectivity index is 1.44. The third-order valence-corrected chi connectivity index (χ3v) is 7.45. The van der Waals surface area contributed by atoms with Gasteiger partial charge >= 0.3 is 5.69 Å².